The molecule has 3 nitrogen and oxygen atoms in total. The number of rotatable bonds is 4. The van der Waals surface area contributed by atoms with Crippen molar-refractivity contribution in [3.8, 4) is 0 Å². The van der Waals surface area contributed by atoms with Crippen molar-refractivity contribution in [1.82, 2.24) is 14.8 Å². The number of thioether (sulfide) groups is 1. The van der Waals surface area contributed by atoms with Crippen LogP contribution in [-0.4, -0.2) is 14.8 Å². The molecule has 1 aromatic heterocycles. The van der Waals surface area contributed by atoms with Crippen LogP contribution in [0.25, 0.3) is 0 Å². The van der Waals surface area contributed by atoms with Crippen LogP contribution in [-0.2, 0) is 12.2 Å². The molecule has 0 spiro atoms. The van der Waals surface area contributed by atoms with Gasteiger partial charge in [0, 0.05) is 16.9 Å². The molecule has 4 rings (SSSR count). The Kier molecular flexibility index (Phi) is 3.44. The van der Waals surface area contributed by atoms with E-state index in [2.05, 4.69) is 14.8 Å². The van der Waals surface area contributed by atoms with E-state index in [4.69, 9.17) is 0 Å². The predicted octanol–water partition coefficient (Wildman–Crippen LogP) is 4.12. The molecular formula is C16H17F2N3S. The third kappa shape index (κ3) is 2.33. The molecule has 116 valence electrons. The normalized spacial score (nSPS) is 20.4. The summed E-state index contributed by atoms with van der Waals surface area (Å²) >= 11 is 1.65. The first-order valence-electron chi connectivity index (χ1n) is 7.64. The van der Waals surface area contributed by atoms with E-state index in [1.807, 2.05) is 6.92 Å². The van der Waals surface area contributed by atoms with Crippen LogP contribution in [0.3, 0.4) is 0 Å². The zero-order valence-corrected chi connectivity index (χ0v) is 13.2. The lowest BCUT2D eigenvalue weighted by molar-refractivity contribution is 0.584. The molecule has 2 aliphatic carbocycles. The standard InChI is InChI=1S/C16H17F2N3S/c1-9-19-20-15(21(9)10-2-3-10)8-22-14-7-4-11-12(17)5-6-13(18)16(11)14/h5-6,10,14H,2-4,7-8H2,1H3/t14-/m0/s1. The first kappa shape index (κ1) is 14.2. The Labute approximate surface area is 132 Å². The Hall–Kier alpha value is -1.43. The van der Waals surface area contributed by atoms with E-state index in [9.17, 15) is 8.78 Å². The highest BCUT2D eigenvalue weighted by Crippen LogP contribution is 2.45. The van der Waals surface area contributed by atoms with Gasteiger partial charge in [-0.2, -0.15) is 0 Å². The summed E-state index contributed by atoms with van der Waals surface area (Å²) in [5.41, 5.74) is 1.11. The van der Waals surface area contributed by atoms with Crippen molar-refractivity contribution in [3.05, 3.63) is 46.5 Å². The summed E-state index contributed by atoms with van der Waals surface area (Å²) in [5.74, 6) is 2.03. The lowest BCUT2D eigenvalue weighted by Crippen LogP contribution is -2.03. The molecule has 0 amide bonds. The van der Waals surface area contributed by atoms with Crippen molar-refractivity contribution >= 4 is 11.8 Å². The highest BCUT2D eigenvalue weighted by Gasteiger charge is 2.31. The molecule has 6 heteroatoms. The zero-order valence-electron chi connectivity index (χ0n) is 12.4. The van der Waals surface area contributed by atoms with E-state index in [1.165, 1.54) is 25.0 Å². The van der Waals surface area contributed by atoms with Crippen molar-refractivity contribution in [2.24, 2.45) is 0 Å². The maximum Gasteiger partial charge on any atom is 0.143 e. The number of hydrogen-bond donors (Lipinski definition) is 0. The molecule has 0 N–H and O–H groups in total. The molecule has 0 saturated heterocycles. The van der Waals surface area contributed by atoms with Crippen LogP contribution in [0.5, 0.6) is 0 Å². The van der Waals surface area contributed by atoms with Crippen LogP contribution in [0, 0.1) is 18.6 Å². The lowest BCUT2D eigenvalue weighted by atomic mass is 10.1. The summed E-state index contributed by atoms with van der Waals surface area (Å²) < 4.78 is 30.0. The fourth-order valence-corrected chi connectivity index (χ4v) is 4.55. The number of fused-ring (bicyclic) bond motifs is 1. The molecule has 2 aromatic rings. The highest BCUT2D eigenvalue weighted by molar-refractivity contribution is 7.98. The van der Waals surface area contributed by atoms with Gasteiger partial charge in [-0.05, 0) is 50.3 Å². The van der Waals surface area contributed by atoms with Gasteiger partial charge in [-0.15, -0.1) is 22.0 Å². The van der Waals surface area contributed by atoms with E-state index in [0.717, 1.165) is 18.1 Å². The molecular weight excluding hydrogens is 304 g/mol. The maximum atomic E-state index is 14.1. The van der Waals surface area contributed by atoms with Crippen molar-refractivity contribution < 1.29 is 8.78 Å². The van der Waals surface area contributed by atoms with Crippen molar-refractivity contribution in [1.29, 1.82) is 0 Å². The van der Waals surface area contributed by atoms with E-state index >= 15 is 0 Å². The summed E-state index contributed by atoms with van der Waals surface area (Å²) in [6.45, 7) is 1.97. The van der Waals surface area contributed by atoms with Crippen molar-refractivity contribution in [2.45, 2.75) is 49.7 Å². The molecule has 0 aliphatic heterocycles. The summed E-state index contributed by atoms with van der Waals surface area (Å²) in [5, 5.41) is 8.43. The number of halogens is 2. The number of aromatic nitrogens is 3. The fourth-order valence-electron chi connectivity index (χ4n) is 3.29. The lowest BCUT2D eigenvalue weighted by Gasteiger charge is -2.13. The molecule has 0 radical (unpaired) electrons. The average molecular weight is 321 g/mol. The smallest absolute Gasteiger partial charge is 0.143 e. The molecule has 1 atom stereocenters. The minimum absolute atomic E-state index is 0.00959. The van der Waals surface area contributed by atoms with Gasteiger partial charge in [0.1, 0.15) is 23.3 Å². The average Bonchev–Trinajstić information content (AvgIpc) is 3.12. The van der Waals surface area contributed by atoms with E-state index in [1.54, 1.807) is 11.8 Å². The van der Waals surface area contributed by atoms with Gasteiger partial charge in [-0.3, -0.25) is 0 Å². The zero-order chi connectivity index (χ0) is 15.3. The first-order chi connectivity index (χ1) is 10.6. The van der Waals surface area contributed by atoms with Crippen molar-refractivity contribution in [2.75, 3.05) is 0 Å². The molecule has 1 saturated carbocycles. The van der Waals surface area contributed by atoms with Crippen LogP contribution in [0.15, 0.2) is 12.1 Å². The van der Waals surface area contributed by atoms with Gasteiger partial charge in [0.2, 0.25) is 0 Å². The van der Waals surface area contributed by atoms with Gasteiger partial charge < -0.3 is 4.57 Å². The predicted molar refractivity (Wildman–Crippen MR) is 81.7 cm³/mol. The number of hydrogen-bond acceptors (Lipinski definition) is 3. The minimum atomic E-state index is -0.286. The number of nitrogens with zero attached hydrogens (tertiary/aromatic N) is 3. The summed E-state index contributed by atoms with van der Waals surface area (Å²) in [7, 11) is 0. The van der Waals surface area contributed by atoms with Gasteiger partial charge in [-0.25, -0.2) is 8.78 Å². The van der Waals surface area contributed by atoms with Crippen LogP contribution in [0.4, 0.5) is 8.78 Å². The largest absolute Gasteiger partial charge is 0.311 e. The Morgan fingerprint density at radius 3 is 2.73 bits per heavy atom. The Bertz CT molecular complexity index is 724. The Balaban J connectivity index is 1.54. The first-order valence-corrected chi connectivity index (χ1v) is 8.68. The quantitative estimate of drug-likeness (QED) is 0.848. The van der Waals surface area contributed by atoms with Crippen LogP contribution in [0.2, 0.25) is 0 Å². The van der Waals surface area contributed by atoms with Crippen molar-refractivity contribution in [3.63, 3.8) is 0 Å². The van der Waals surface area contributed by atoms with Gasteiger partial charge in [0.05, 0.1) is 5.75 Å². The second-order valence-electron chi connectivity index (χ2n) is 6.02. The molecule has 22 heavy (non-hydrogen) atoms. The van der Waals surface area contributed by atoms with Crippen LogP contribution < -0.4 is 0 Å². The second kappa shape index (κ2) is 5.33. The molecule has 2 aliphatic rings. The topological polar surface area (TPSA) is 30.7 Å². The third-order valence-corrected chi connectivity index (χ3v) is 5.79. The Morgan fingerprint density at radius 1 is 1.18 bits per heavy atom. The van der Waals surface area contributed by atoms with Crippen LogP contribution in [0.1, 0.15) is 53.3 Å². The monoisotopic (exact) mass is 321 g/mol. The minimum Gasteiger partial charge on any atom is -0.311 e. The third-order valence-electron chi connectivity index (χ3n) is 4.49. The number of benzene rings is 1. The maximum absolute atomic E-state index is 14.1. The molecule has 1 heterocycles. The molecule has 1 aromatic carbocycles. The van der Waals surface area contributed by atoms with Gasteiger partial charge in [0.15, 0.2) is 0 Å². The second-order valence-corrected chi connectivity index (χ2v) is 7.22. The Morgan fingerprint density at radius 2 is 1.95 bits per heavy atom. The summed E-state index contributed by atoms with van der Waals surface area (Å²) in [4.78, 5) is 0. The van der Waals surface area contributed by atoms with E-state index in [-0.39, 0.29) is 16.9 Å². The number of aryl methyl sites for hydroxylation is 1. The van der Waals surface area contributed by atoms with Gasteiger partial charge in [0.25, 0.3) is 0 Å². The van der Waals surface area contributed by atoms with E-state index in [0.29, 0.717) is 29.3 Å². The molecule has 0 unspecified atom stereocenters. The van der Waals surface area contributed by atoms with Gasteiger partial charge >= 0.3 is 0 Å². The van der Waals surface area contributed by atoms with E-state index < -0.39 is 0 Å². The highest BCUT2D eigenvalue weighted by atomic mass is 32.2. The van der Waals surface area contributed by atoms with Crippen LogP contribution >= 0.6 is 11.8 Å². The summed E-state index contributed by atoms with van der Waals surface area (Å²) in [6, 6.07) is 3.01. The molecule has 1 fully saturated rings. The van der Waals surface area contributed by atoms with Gasteiger partial charge in [-0.1, -0.05) is 0 Å². The molecule has 0 bridgehead atoms. The fraction of sp³-hybridized carbons (Fsp3) is 0.500. The SMILES string of the molecule is Cc1nnc(CS[C@H]2CCc3c(F)ccc(F)c32)n1C1CC1. The summed E-state index contributed by atoms with van der Waals surface area (Å²) in [6.07, 6.45) is 3.77.